The smallest absolute Gasteiger partial charge is 0.150 e. The van der Waals surface area contributed by atoms with E-state index in [0.29, 0.717) is 6.54 Å². The van der Waals surface area contributed by atoms with Gasteiger partial charge in [0.25, 0.3) is 0 Å². The van der Waals surface area contributed by atoms with Gasteiger partial charge < -0.3 is 9.84 Å². The highest BCUT2D eigenvalue weighted by molar-refractivity contribution is 9.13. The van der Waals surface area contributed by atoms with Gasteiger partial charge in [0.1, 0.15) is 5.76 Å². The van der Waals surface area contributed by atoms with Crippen molar-refractivity contribution < 1.29 is 4.52 Å². The molecule has 0 fully saturated rings. The standard InChI is InChI=1S/C9H8Br2N2OS/c10-8-3-7(15-9(8)11)5-12-4-6-1-2-13-14-6/h1-3,12H,4-5H2. The molecule has 2 rings (SSSR count). The summed E-state index contributed by atoms with van der Waals surface area (Å²) in [5.74, 6) is 0.852. The lowest BCUT2D eigenvalue weighted by Crippen LogP contribution is -2.10. The molecule has 2 heterocycles. The number of hydrogen-bond donors (Lipinski definition) is 1. The predicted octanol–water partition coefficient (Wildman–Crippen LogP) is 3.55. The van der Waals surface area contributed by atoms with Gasteiger partial charge in [0.15, 0.2) is 0 Å². The van der Waals surface area contributed by atoms with Crippen molar-refractivity contribution in [2.45, 2.75) is 13.1 Å². The van der Waals surface area contributed by atoms with Gasteiger partial charge in [0.05, 0.1) is 16.5 Å². The molecule has 2 aromatic heterocycles. The van der Waals surface area contributed by atoms with Crippen molar-refractivity contribution in [1.82, 2.24) is 10.5 Å². The second kappa shape index (κ2) is 5.25. The van der Waals surface area contributed by atoms with Gasteiger partial charge in [-0.1, -0.05) is 5.16 Å². The topological polar surface area (TPSA) is 38.1 Å². The van der Waals surface area contributed by atoms with Gasteiger partial charge in [-0.05, 0) is 37.9 Å². The van der Waals surface area contributed by atoms with Crippen LogP contribution in [-0.2, 0) is 13.1 Å². The normalized spacial score (nSPS) is 10.8. The summed E-state index contributed by atoms with van der Waals surface area (Å²) in [6.45, 7) is 1.53. The van der Waals surface area contributed by atoms with Crippen LogP contribution < -0.4 is 5.32 Å². The van der Waals surface area contributed by atoms with Crippen LogP contribution in [0.25, 0.3) is 0 Å². The van der Waals surface area contributed by atoms with Crippen LogP contribution in [0.5, 0.6) is 0 Å². The lowest BCUT2D eigenvalue weighted by molar-refractivity contribution is 0.373. The highest BCUT2D eigenvalue weighted by Gasteiger charge is 2.04. The van der Waals surface area contributed by atoms with Crippen LogP contribution >= 0.6 is 43.2 Å². The Labute approximate surface area is 108 Å². The van der Waals surface area contributed by atoms with Gasteiger partial charge in [-0.3, -0.25) is 0 Å². The molecule has 0 aromatic carbocycles. The van der Waals surface area contributed by atoms with Gasteiger partial charge in [0, 0.05) is 22.0 Å². The average molecular weight is 352 g/mol. The fourth-order valence-electron chi connectivity index (χ4n) is 1.12. The van der Waals surface area contributed by atoms with Crippen molar-refractivity contribution in [3.8, 4) is 0 Å². The van der Waals surface area contributed by atoms with E-state index in [9.17, 15) is 0 Å². The second-order valence-electron chi connectivity index (χ2n) is 2.92. The number of hydrogen-bond acceptors (Lipinski definition) is 4. The Hall–Kier alpha value is -0.170. The van der Waals surface area contributed by atoms with Crippen LogP contribution in [-0.4, -0.2) is 5.16 Å². The Morgan fingerprint density at radius 2 is 2.27 bits per heavy atom. The van der Waals surface area contributed by atoms with Crippen LogP contribution in [0.15, 0.2) is 31.1 Å². The van der Waals surface area contributed by atoms with Crippen LogP contribution in [0, 0.1) is 0 Å². The van der Waals surface area contributed by atoms with E-state index >= 15 is 0 Å². The fourth-order valence-corrected chi connectivity index (χ4v) is 3.27. The zero-order chi connectivity index (χ0) is 10.7. The van der Waals surface area contributed by atoms with E-state index in [1.54, 1.807) is 17.5 Å². The molecule has 0 amide bonds. The number of nitrogens with zero attached hydrogens (tertiary/aromatic N) is 1. The van der Waals surface area contributed by atoms with Crippen molar-refractivity contribution >= 4 is 43.2 Å². The summed E-state index contributed by atoms with van der Waals surface area (Å²) in [6.07, 6.45) is 1.65. The van der Waals surface area contributed by atoms with E-state index in [2.05, 4.69) is 48.4 Å². The maximum absolute atomic E-state index is 4.97. The number of halogens is 2. The van der Waals surface area contributed by atoms with Gasteiger partial charge in [0.2, 0.25) is 0 Å². The van der Waals surface area contributed by atoms with Crippen molar-refractivity contribution in [2.75, 3.05) is 0 Å². The quantitative estimate of drug-likeness (QED) is 0.915. The Bertz CT molecular complexity index is 408. The van der Waals surface area contributed by atoms with Gasteiger partial charge in [-0.15, -0.1) is 11.3 Å². The molecule has 15 heavy (non-hydrogen) atoms. The van der Waals surface area contributed by atoms with E-state index in [0.717, 1.165) is 20.6 Å². The maximum atomic E-state index is 4.97. The molecule has 0 saturated carbocycles. The van der Waals surface area contributed by atoms with Gasteiger partial charge >= 0.3 is 0 Å². The third kappa shape index (κ3) is 3.14. The molecule has 0 saturated heterocycles. The number of nitrogens with one attached hydrogen (secondary N) is 1. The number of rotatable bonds is 4. The van der Waals surface area contributed by atoms with E-state index in [4.69, 9.17) is 4.52 Å². The summed E-state index contributed by atoms with van der Waals surface area (Å²) in [5, 5.41) is 6.92. The minimum absolute atomic E-state index is 0.702. The molecular formula is C9H8Br2N2OS. The van der Waals surface area contributed by atoms with Crippen molar-refractivity contribution in [3.05, 3.63) is 37.2 Å². The van der Waals surface area contributed by atoms with Gasteiger partial charge in [-0.2, -0.15) is 0 Å². The van der Waals surface area contributed by atoms with Crippen LogP contribution in [0.4, 0.5) is 0 Å². The van der Waals surface area contributed by atoms with Crippen LogP contribution in [0.2, 0.25) is 0 Å². The molecule has 0 unspecified atom stereocenters. The first-order chi connectivity index (χ1) is 7.25. The molecule has 0 bridgehead atoms. The summed E-state index contributed by atoms with van der Waals surface area (Å²) in [4.78, 5) is 1.27. The SMILES string of the molecule is Brc1cc(CNCc2ccno2)sc1Br. The molecule has 80 valence electrons. The van der Waals surface area contributed by atoms with Gasteiger partial charge in [-0.25, -0.2) is 0 Å². The zero-order valence-electron chi connectivity index (χ0n) is 7.67. The summed E-state index contributed by atoms with van der Waals surface area (Å²) in [7, 11) is 0. The fraction of sp³-hybridized carbons (Fsp3) is 0.222. The minimum atomic E-state index is 0.702. The van der Waals surface area contributed by atoms with E-state index < -0.39 is 0 Å². The lowest BCUT2D eigenvalue weighted by Gasteiger charge is -1.98. The lowest BCUT2D eigenvalue weighted by atomic mass is 10.4. The third-order valence-corrected chi connectivity index (χ3v) is 5.04. The average Bonchev–Trinajstić information content (AvgIpc) is 2.79. The molecule has 0 radical (unpaired) electrons. The van der Waals surface area contributed by atoms with Crippen molar-refractivity contribution in [3.63, 3.8) is 0 Å². The molecule has 2 aromatic rings. The first kappa shape index (κ1) is 11.3. The Kier molecular flexibility index (Phi) is 3.96. The van der Waals surface area contributed by atoms with Crippen molar-refractivity contribution in [1.29, 1.82) is 0 Å². The molecular weight excluding hydrogens is 344 g/mol. The van der Waals surface area contributed by atoms with Crippen molar-refractivity contribution in [2.24, 2.45) is 0 Å². The summed E-state index contributed by atoms with van der Waals surface area (Å²) >= 11 is 8.63. The molecule has 0 aliphatic rings. The monoisotopic (exact) mass is 350 g/mol. The summed E-state index contributed by atoms with van der Waals surface area (Å²) in [5.41, 5.74) is 0. The van der Waals surface area contributed by atoms with E-state index in [1.165, 1.54) is 4.88 Å². The molecule has 0 atom stereocenters. The first-order valence-corrected chi connectivity index (χ1v) is 6.70. The van der Waals surface area contributed by atoms with Crippen LogP contribution in [0.3, 0.4) is 0 Å². The Balaban J connectivity index is 1.83. The highest BCUT2D eigenvalue weighted by Crippen LogP contribution is 2.32. The summed E-state index contributed by atoms with van der Waals surface area (Å²) < 4.78 is 7.20. The molecule has 0 spiro atoms. The zero-order valence-corrected chi connectivity index (χ0v) is 11.7. The second-order valence-corrected chi connectivity index (χ2v) is 6.23. The summed E-state index contributed by atoms with van der Waals surface area (Å²) in [6, 6.07) is 3.95. The Morgan fingerprint density at radius 3 is 2.87 bits per heavy atom. The highest BCUT2D eigenvalue weighted by atomic mass is 79.9. The van der Waals surface area contributed by atoms with E-state index in [-0.39, 0.29) is 0 Å². The molecule has 6 heteroatoms. The van der Waals surface area contributed by atoms with E-state index in [1.807, 2.05) is 6.07 Å². The minimum Gasteiger partial charge on any atom is -0.360 e. The number of aromatic nitrogens is 1. The van der Waals surface area contributed by atoms with Crippen LogP contribution in [0.1, 0.15) is 10.6 Å². The molecule has 0 aliphatic carbocycles. The maximum Gasteiger partial charge on any atom is 0.150 e. The number of thiophene rings is 1. The largest absolute Gasteiger partial charge is 0.360 e. The molecule has 3 nitrogen and oxygen atoms in total. The predicted molar refractivity (Wildman–Crippen MR) is 66.8 cm³/mol. The molecule has 1 N–H and O–H groups in total. The Morgan fingerprint density at radius 1 is 1.40 bits per heavy atom. The first-order valence-electron chi connectivity index (χ1n) is 4.29. The molecule has 0 aliphatic heterocycles. The third-order valence-electron chi connectivity index (χ3n) is 1.79.